The van der Waals surface area contributed by atoms with Crippen LogP contribution >= 0.6 is 0 Å². The van der Waals surface area contributed by atoms with Crippen LogP contribution in [0.1, 0.15) is 31.4 Å². The van der Waals surface area contributed by atoms with E-state index >= 15 is 0 Å². The summed E-state index contributed by atoms with van der Waals surface area (Å²) in [5.41, 5.74) is 0.710. The second-order valence-electron chi connectivity index (χ2n) is 6.48. The van der Waals surface area contributed by atoms with Crippen LogP contribution in [0, 0.1) is 11.8 Å². The Morgan fingerprint density at radius 1 is 1.28 bits per heavy atom. The van der Waals surface area contributed by atoms with Crippen molar-refractivity contribution in [3.63, 3.8) is 0 Å². The fourth-order valence-electron chi connectivity index (χ4n) is 3.03. The van der Waals surface area contributed by atoms with E-state index in [4.69, 9.17) is 0 Å². The van der Waals surface area contributed by atoms with Crippen LogP contribution < -0.4 is 5.32 Å². The molecule has 0 spiro atoms. The largest absolute Gasteiger partial charge is 0.481 e. The number of aliphatic carboxylic acids is 1. The van der Waals surface area contributed by atoms with Gasteiger partial charge in [-0.1, -0.05) is 30.3 Å². The molecule has 0 saturated carbocycles. The Morgan fingerprint density at radius 2 is 1.92 bits per heavy atom. The number of carbonyl (C=O) groups excluding carboxylic acids is 1. The summed E-state index contributed by atoms with van der Waals surface area (Å²) in [6.45, 7) is 2.09. The van der Waals surface area contributed by atoms with Gasteiger partial charge in [-0.25, -0.2) is 12.7 Å². The lowest BCUT2D eigenvalue weighted by atomic mass is 9.92. The average molecular weight is 368 g/mol. The van der Waals surface area contributed by atoms with Crippen LogP contribution in [-0.2, 0) is 19.6 Å². The Morgan fingerprint density at radius 3 is 2.48 bits per heavy atom. The molecule has 1 fully saturated rings. The lowest BCUT2D eigenvalue weighted by molar-refractivity contribution is -0.142. The first-order valence-electron chi connectivity index (χ1n) is 8.23. The van der Waals surface area contributed by atoms with Gasteiger partial charge >= 0.3 is 5.97 Å². The Hall–Kier alpha value is -1.93. The Balaban J connectivity index is 2.15. The van der Waals surface area contributed by atoms with Crippen LogP contribution in [0.25, 0.3) is 0 Å². The number of nitrogens with one attached hydrogen (secondary N) is 1. The number of hydrogen-bond donors (Lipinski definition) is 2. The molecule has 1 amide bonds. The molecule has 25 heavy (non-hydrogen) atoms. The Kier molecular flexibility index (Phi) is 6.18. The highest BCUT2D eigenvalue weighted by atomic mass is 32.2. The van der Waals surface area contributed by atoms with Gasteiger partial charge in [-0.3, -0.25) is 9.59 Å². The first-order valence-corrected chi connectivity index (χ1v) is 10.1. The van der Waals surface area contributed by atoms with Gasteiger partial charge in [0.15, 0.2) is 0 Å². The summed E-state index contributed by atoms with van der Waals surface area (Å²) in [6, 6.07) is 8.27. The quantitative estimate of drug-likeness (QED) is 0.786. The van der Waals surface area contributed by atoms with Crippen molar-refractivity contribution in [2.24, 2.45) is 11.8 Å². The van der Waals surface area contributed by atoms with Crippen molar-refractivity contribution in [1.29, 1.82) is 0 Å². The number of carboxylic acids is 1. The molecule has 8 heteroatoms. The number of amides is 1. The van der Waals surface area contributed by atoms with Gasteiger partial charge in [0.1, 0.15) is 0 Å². The van der Waals surface area contributed by atoms with Crippen molar-refractivity contribution in [2.75, 3.05) is 19.3 Å². The summed E-state index contributed by atoms with van der Waals surface area (Å²) in [4.78, 5) is 24.1. The molecular formula is C17H24N2O5S. The second kappa shape index (κ2) is 7.97. The van der Waals surface area contributed by atoms with Crippen molar-refractivity contribution < 1.29 is 23.1 Å². The molecule has 0 unspecified atom stereocenters. The van der Waals surface area contributed by atoms with Gasteiger partial charge in [0.05, 0.1) is 24.1 Å². The highest BCUT2D eigenvalue weighted by Crippen LogP contribution is 2.25. The number of carboxylic acid groups (broad SMARTS) is 1. The average Bonchev–Trinajstić information content (AvgIpc) is 2.59. The maximum Gasteiger partial charge on any atom is 0.308 e. The van der Waals surface area contributed by atoms with Crippen molar-refractivity contribution in [3.05, 3.63) is 35.9 Å². The van der Waals surface area contributed by atoms with E-state index in [1.54, 1.807) is 31.2 Å². The molecule has 7 nitrogen and oxygen atoms in total. The zero-order chi connectivity index (χ0) is 18.6. The first-order chi connectivity index (χ1) is 11.7. The normalized spacial score (nSPS) is 21.3. The van der Waals surface area contributed by atoms with Gasteiger partial charge in [0.25, 0.3) is 0 Å². The second-order valence-corrected chi connectivity index (χ2v) is 8.47. The fraction of sp³-hybridized carbons (Fsp3) is 0.529. The molecule has 1 heterocycles. The molecule has 0 bridgehead atoms. The van der Waals surface area contributed by atoms with E-state index in [0.717, 1.165) is 6.26 Å². The zero-order valence-corrected chi connectivity index (χ0v) is 15.2. The van der Waals surface area contributed by atoms with Crippen LogP contribution in [0.2, 0.25) is 0 Å². The number of hydrogen-bond acceptors (Lipinski definition) is 4. The topological polar surface area (TPSA) is 104 Å². The number of rotatable bonds is 6. The van der Waals surface area contributed by atoms with Gasteiger partial charge in [-0.05, 0) is 25.3 Å². The third-order valence-corrected chi connectivity index (χ3v) is 5.84. The van der Waals surface area contributed by atoms with Crippen molar-refractivity contribution in [3.8, 4) is 0 Å². The van der Waals surface area contributed by atoms with Crippen LogP contribution in [0.15, 0.2) is 30.3 Å². The summed E-state index contributed by atoms with van der Waals surface area (Å²) in [6.07, 6.45) is 2.32. The predicted octanol–water partition coefficient (Wildman–Crippen LogP) is 1.24. The molecule has 0 aliphatic carbocycles. The van der Waals surface area contributed by atoms with Gasteiger partial charge in [-0.15, -0.1) is 0 Å². The number of nitrogens with zero attached hydrogens (tertiary/aromatic N) is 1. The van der Waals surface area contributed by atoms with Crippen LogP contribution in [-0.4, -0.2) is 49.1 Å². The Bertz CT molecular complexity index is 720. The first kappa shape index (κ1) is 19.4. The van der Waals surface area contributed by atoms with Crippen molar-refractivity contribution >= 4 is 21.9 Å². The van der Waals surface area contributed by atoms with E-state index in [2.05, 4.69) is 5.32 Å². The zero-order valence-electron chi connectivity index (χ0n) is 14.4. The highest BCUT2D eigenvalue weighted by molar-refractivity contribution is 7.88. The number of piperidine rings is 1. The van der Waals surface area contributed by atoms with Gasteiger partial charge in [0.2, 0.25) is 15.9 Å². The standard InChI is InChI=1S/C17H24N2O5S/c1-12(17(21)22)15(13-7-4-3-5-8-13)18-16(20)14-9-6-10-19(11-14)25(2,23)24/h3-5,7-8,12,14-15H,6,9-11H2,1-2H3,(H,18,20)(H,21,22)/t12-,14+,15-/m0/s1. The number of sulfonamides is 1. The van der Waals surface area contributed by atoms with E-state index in [1.807, 2.05) is 6.07 Å². The maximum atomic E-state index is 12.7. The minimum absolute atomic E-state index is 0.133. The van der Waals surface area contributed by atoms with Gasteiger partial charge < -0.3 is 10.4 Å². The molecule has 0 aromatic heterocycles. The monoisotopic (exact) mass is 368 g/mol. The van der Waals surface area contributed by atoms with E-state index in [9.17, 15) is 23.1 Å². The molecule has 0 radical (unpaired) electrons. The number of carbonyl (C=O) groups is 2. The molecule has 2 rings (SSSR count). The minimum atomic E-state index is -3.34. The summed E-state index contributed by atoms with van der Waals surface area (Å²) in [5, 5.41) is 12.2. The lowest BCUT2D eigenvalue weighted by Gasteiger charge is -2.32. The molecule has 1 aliphatic heterocycles. The molecule has 1 saturated heterocycles. The molecule has 1 aromatic rings. The summed E-state index contributed by atoms with van der Waals surface area (Å²) < 4.78 is 24.7. The lowest BCUT2D eigenvalue weighted by Crippen LogP contribution is -2.46. The maximum absolute atomic E-state index is 12.7. The van der Waals surface area contributed by atoms with E-state index in [1.165, 1.54) is 4.31 Å². The van der Waals surface area contributed by atoms with Crippen molar-refractivity contribution in [2.45, 2.75) is 25.8 Å². The summed E-state index contributed by atoms with van der Waals surface area (Å²) >= 11 is 0. The molecule has 3 atom stereocenters. The summed E-state index contributed by atoms with van der Waals surface area (Å²) in [5.74, 6) is -2.59. The number of benzene rings is 1. The van der Waals surface area contributed by atoms with Crippen LogP contribution in [0.5, 0.6) is 0 Å². The molecule has 138 valence electrons. The third kappa shape index (κ3) is 5.02. The van der Waals surface area contributed by atoms with E-state index in [0.29, 0.717) is 24.9 Å². The smallest absolute Gasteiger partial charge is 0.308 e. The fourth-order valence-corrected chi connectivity index (χ4v) is 3.94. The van der Waals surface area contributed by atoms with E-state index < -0.39 is 33.9 Å². The molecule has 1 aliphatic rings. The molecule has 2 N–H and O–H groups in total. The van der Waals surface area contributed by atoms with Crippen molar-refractivity contribution in [1.82, 2.24) is 9.62 Å². The van der Waals surface area contributed by atoms with Gasteiger partial charge in [-0.2, -0.15) is 0 Å². The third-order valence-electron chi connectivity index (χ3n) is 4.57. The Labute approximate surface area is 148 Å². The minimum Gasteiger partial charge on any atom is -0.481 e. The highest BCUT2D eigenvalue weighted by Gasteiger charge is 2.33. The molecular weight excluding hydrogens is 344 g/mol. The summed E-state index contributed by atoms with van der Waals surface area (Å²) in [7, 11) is -3.34. The van der Waals surface area contributed by atoms with Crippen LogP contribution in [0.3, 0.4) is 0 Å². The molecule has 1 aromatic carbocycles. The van der Waals surface area contributed by atoms with E-state index in [-0.39, 0.29) is 12.5 Å². The van der Waals surface area contributed by atoms with Crippen LogP contribution in [0.4, 0.5) is 0 Å². The van der Waals surface area contributed by atoms with Gasteiger partial charge in [0, 0.05) is 13.1 Å². The predicted molar refractivity (Wildman–Crippen MR) is 93.3 cm³/mol. The SMILES string of the molecule is C[C@H](C(=O)O)[C@H](NC(=O)[C@@H]1CCCN(S(C)(=O)=O)C1)c1ccccc1.